The quantitative estimate of drug-likeness (QED) is 0.768. The summed E-state index contributed by atoms with van der Waals surface area (Å²) in [6.45, 7) is 0.765. The van der Waals surface area contributed by atoms with E-state index in [1.165, 1.54) is 18.2 Å². The number of alkyl halides is 3. The number of imide groups is 1. The number of nitrogens with zero attached hydrogens (tertiary/aromatic N) is 1. The van der Waals surface area contributed by atoms with Gasteiger partial charge in [-0.25, -0.2) is 0 Å². The number of amides is 3. The molecule has 1 saturated heterocycles. The number of carbonyl (C=O) groups is 3. The molecule has 9 heteroatoms. The minimum absolute atomic E-state index is 0.119. The Morgan fingerprint density at radius 3 is 2.40 bits per heavy atom. The Bertz CT molecular complexity index is 1010. The largest absolute Gasteiger partial charge is 0.416 e. The van der Waals surface area contributed by atoms with Gasteiger partial charge in [0.1, 0.15) is 0 Å². The van der Waals surface area contributed by atoms with Crippen LogP contribution in [0.15, 0.2) is 42.5 Å². The van der Waals surface area contributed by atoms with Gasteiger partial charge >= 0.3 is 6.18 Å². The molecule has 2 aromatic carbocycles. The molecule has 30 heavy (non-hydrogen) atoms. The summed E-state index contributed by atoms with van der Waals surface area (Å²) < 4.78 is 43.4. The van der Waals surface area contributed by atoms with E-state index >= 15 is 0 Å². The van der Waals surface area contributed by atoms with Crippen LogP contribution in [0.3, 0.4) is 0 Å². The molecule has 6 nitrogen and oxygen atoms in total. The lowest BCUT2D eigenvalue weighted by molar-refractivity contribution is -0.137. The SMILES string of the molecule is O=C(Nc1ccc(C(F)(F)F)cc1)c1ccc2c(c1)C(=O)N(CC1CCCO1)C2=O. The van der Waals surface area contributed by atoms with Crippen LogP contribution in [0.5, 0.6) is 0 Å². The van der Waals surface area contributed by atoms with Crippen molar-refractivity contribution in [1.82, 2.24) is 4.90 Å². The van der Waals surface area contributed by atoms with Gasteiger partial charge in [-0.2, -0.15) is 13.2 Å². The highest BCUT2D eigenvalue weighted by atomic mass is 19.4. The summed E-state index contributed by atoms with van der Waals surface area (Å²) in [4.78, 5) is 38.8. The monoisotopic (exact) mass is 418 g/mol. The Morgan fingerprint density at radius 2 is 1.77 bits per heavy atom. The number of carbonyl (C=O) groups excluding carboxylic acids is 3. The van der Waals surface area contributed by atoms with Crippen molar-refractivity contribution in [3.8, 4) is 0 Å². The Balaban J connectivity index is 1.49. The molecule has 0 saturated carbocycles. The molecular formula is C21H17F3N2O4. The molecule has 2 aromatic rings. The van der Waals surface area contributed by atoms with E-state index in [0.29, 0.717) is 6.61 Å². The zero-order chi connectivity index (χ0) is 21.5. The molecule has 156 valence electrons. The number of ether oxygens (including phenoxy) is 1. The molecular weight excluding hydrogens is 401 g/mol. The second-order valence-corrected chi connectivity index (χ2v) is 7.15. The average Bonchev–Trinajstić information content (AvgIpc) is 3.30. The van der Waals surface area contributed by atoms with E-state index in [-0.39, 0.29) is 35.0 Å². The fourth-order valence-electron chi connectivity index (χ4n) is 3.54. The first-order chi connectivity index (χ1) is 14.2. The number of halogens is 3. The molecule has 1 unspecified atom stereocenters. The predicted molar refractivity (Wildman–Crippen MR) is 100 cm³/mol. The van der Waals surface area contributed by atoms with Crippen molar-refractivity contribution in [3.63, 3.8) is 0 Å². The summed E-state index contributed by atoms with van der Waals surface area (Å²) in [5, 5.41) is 2.49. The molecule has 2 aliphatic heterocycles. The highest BCUT2D eigenvalue weighted by Crippen LogP contribution is 2.30. The van der Waals surface area contributed by atoms with Crippen LogP contribution in [0.1, 0.15) is 49.5 Å². The summed E-state index contributed by atoms with van der Waals surface area (Å²) >= 11 is 0. The van der Waals surface area contributed by atoms with Crippen molar-refractivity contribution in [3.05, 3.63) is 64.7 Å². The first kappa shape index (κ1) is 20.1. The maximum absolute atomic E-state index is 12.7. The highest BCUT2D eigenvalue weighted by molar-refractivity contribution is 6.22. The lowest BCUT2D eigenvalue weighted by Gasteiger charge is -2.17. The lowest BCUT2D eigenvalue weighted by atomic mass is 10.1. The van der Waals surface area contributed by atoms with Crippen molar-refractivity contribution in [2.75, 3.05) is 18.5 Å². The van der Waals surface area contributed by atoms with Crippen LogP contribution in [0, 0.1) is 0 Å². The molecule has 0 bridgehead atoms. The molecule has 2 heterocycles. The van der Waals surface area contributed by atoms with Crippen LogP contribution >= 0.6 is 0 Å². The third-order valence-electron chi connectivity index (χ3n) is 5.11. The summed E-state index contributed by atoms with van der Waals surface area (Å²) in [5.74, 6) is -1.52. The second kappa shape index (κ2) is 7.56. The van der Waals surface area contributed by atoms with E-state index in [1.807, 2.05) is 0 Å². The van der Waals surface area contributed by atoms with Crippen LogP contribution in [-0.2, 0) is 10.9 Å². The number of benzene rings is 2. The van der Waals surface area contributed by atoms with Gasteiger partial charge in [-0.05, 0) is 55.3 Å². The Hall–Kier alpha value is -3.20. The fourth-order valence-corrected chi connectivity index (χ4v) is 3.54. The first-order valence-electron chi connectivity index (χ1n) is 9.34. The summed E-state index contributed by atoms with van der Waals surface area (Å²) in [6.07, 6.45) is -3.00. The third-order valence-corrected chi connectivity index (χ3v) is 5.11. The van der Waals surface area contributed by atoms with Gasteiger partial charge in [0.2, 0.25) is 0 Å². The Labute approximate surface area is 169 Å². The highest BCUT2D eigenvalue weighted by Gasteiger charge is 2.38. The minimum Gasteiger partial charge on any atom is -0.376 e. The summed E-state index contributed by atoms with van der Waals surface area (Å²) in [5.41, 5.74) is -0.194. The predicted octanol–water partition coefficient (Wildman–Crippen LogP) is 3.73. The van der Waals surface area contributed by atoms with Crippen LogP contribution in [0.4, 0.5) is 18.9 Å². The number of hydrogen-bond donors (Lipinski definition) is 1. The van der Waals surface area contributed by atoms with Crippen molar-refractivity contribution in [2.45, 2.75) is 25.1 Å². The molecule has 4 rings (SSSR count). The number of anilines is 1. The maximum Gasteiger partial charge on any atom is 0.416 e. The van der Waals surface area contributed by atoms with Crippen molar-refractivity contribution in [1.29, 1.82) is 0 Å². The average molecular weight is 418 g/mol. The van der Waals surface area contributed by atoms with Crippen LogP contribution in [0.25, 0.3) is 0 Å². The molecule has 2 aliphatic rings. The number of rotatable bonds is 4. The number of fused-ring (bicyclic) bond motifs is 1. The zero-order valence-corrected chi connectivity index (χ0v) is 15.7. The van der Waals surface area contributed by atoms with Crippen molar-refractivity contribution >= 4 is 23.4 Å². The van der Waals surface area contributed by atoms with Gasteiger partial charge in [-0.3, -0.25) is 19.3 Å². The van der Waals surface area contributed by atoms with Gasteiger partial charge in [0.25, 0.3) is 17.7 Å². The van der Waals surface area contributed by atoms with E-state index in [1.54, 1.807) is 0 Å². The molecule has 0 aromatic heterocycles. The normalized spacial score (nSPS) is 18.6. The molecule has 0 spiro atoms. The van der Waals surface area contributed by atoms with Crippen molar-refractivity contribution < 1.29 is 32.3 Å². The fraction of sp³-hybridized carbons (Fsp3) is 0.286. The van der Waals surface area contributed by atoms with Gasteiger partial charge in [-0.1, -0.05) is 0 Å². The van der Waals surface area contributed by atoms with Crippen LogP contribution in [-0.4, -0.2) is 41.9 Å². The molecule has 1 atom stereocenters. The van der Waals surface area contributed by atoms with Gasteiger partial charge in [0.15, 0.2) is 0 Å². The van der Waals surface area contributed by atoms with E-state index < -0.39 is 29.5 Å². The van der Waals surface area contributed by atoms with Gasteiger partial charge < -0.3 is 10.1 Å². The summed E-state index contributed by atoms with van der Waals surface area (Å²) in [7, 11) is 0. The summed E-state index contributed by atoms with van der Waals surface area (Å²) in [6, 6.07) is 8.15. The minimum atomic E-state index is -4.47. The molecule has 3 amide bonds. The van der Waals surface area contributed by atoms with Gasteiger partial charge in [0.05, 0.1) is 29.3 Å². The van der Waals surface area contributed by atoms with Gasteiger partial charge in [0, 0.05) is 17.9 Å². The van der Waals surface area contributed by atoms with E-state index in [0.717, 1.165) is 42.0 Å². The number of hydrogen-bond acceptors (Lipinski definition) is 4. The zero-order valence-electron chi connectivity index (χ0n) is 15.7. The van der Waals surface area contributed by atoms with Crippen LogP contribution < -0.4 is 5.32 Å². The first-order valence-corrected chi connectivity index (χ1v) is 9.34. The van der Waals surface area contributed by atoms with E-state index in [4.69, 9.17) is 4.74 Å². The Morgan fingerprint density at radius 1 is 1.07 bits per heavy atom. The maximum atomic E-state index is 12.7. The molecule has 1 fully saturated rings. The smallest absolute Gasteiger partial charge is 0.376 e. The van der Waals surface area contributed by atoms with E-state index in [9.17, 15) is 27.6 Å². The topological polar surface area (TPSA) is 75.7 Å². The molecule has 1 N–H and O–H groups in total. The lowest BCUT2D eigenvalue weighted by Crippen LogP contribution is -2.36. The number of nitrogens with one attached hydrogen (secondary N) is 1. The van der Waals surface area contributed by atoms with Crippen molar-refractivity contribution in [2.24, 2.45) is 0 Å². The standard InChI is InChI=1S/C21H17F3N2O4/c22-21(23,24)13-4-6-14(7-5-13)25-18(27)12-3-8-16-17(10-12)20(29)26(19(16)28)11-15-2-1-9-30-15/h3-8,10,15H,1-2,9,11H2,(H,25,27). The third kappa shape index (κ3) is 3.80. The molecule has 0 radical (unpaired) electrons. The van der Waals surface area contributed by atoms with Gasteiger partial charge in [-0.15, -0.1) is 0 Å². The second-order valence-electron chi connectivity index (χ2n) is 7.15. The molecule has 0 aliphatic carbocycles. The van der Waals surface area contributed by atoms with Crippen LogP contribution in [0.2, 0.25) is 0 Å². The Kier molecular flexibility index (Phi) is 5.07. The van der Waals surface area contributed by atoms with E-state index in [2.05, 4.69) is 5.32 Å².